The molecule has 25 heavy (non-hydrogen) atoms. The molecule has 1 fully saturated rings. The summed E-state index contributed by atoms with van der Waals surface area (Å²) in [5.41, 5.74) is 3.87. The fraction of sp³-hybridized carbons (Fsp3) is 0.650. The molecule has 0 aromatic heterocycles. The highest BCUT2D eigenvalue weighted by Crippen LogP contribution is 2.25. The molecular weight excluding hydrogens is 312 g/mol. The molecule has 1 aromatic rings. The van der Waals surface area contributed by atoms with Crippen molar-refractivity contribution in [3.8, 4) is 0 Å². The molecule has 5 nitrogen and oxygen atoms in total. The van der Waals surface area contributed by atoms with Gasteiger partial charge in [0, 0.05) is 32.7 Å². The van der Waals surface area contributed by atoms with Crippen LogP contribution in [-0.4, -0.2) is 68.7 Å². The summed E-state index contributed by atoms with van der Waals surface area (Å²) in [6.07, 6.45) is 0.103. The normalized spacial score (nSPS) is 19.0. The van der Waals surface area contributed by atoms with Crippen LogP contribution in [0.2, 0.25) is 0 Å². The van der Waals surface area contributed by atoms with Crippen LogP contribution in [0.5, 0.6) is 0 Å². The monoisotopic (exact) mass is 346 g/mol. The maximum absolute atomic E-state index is 6.05. The molecule has 1 aliphatic rings. The second-order valence-corrected chi connectivity index (χ2v) is 7.21. The molecule has 0 radical (unpaired) electrons. The Balaban J connectivity index is 1.96. The summed E-state index contributed by atoms with van der Waals surface area (Å²) in [4.78, 5) is 9.12. The number of hydrogen-bond donors (Lipinski definition) is 1. The van der Waals surface area contributed by atoms with Gasteiger partial charge in [0.05, 0.1) is 13.2 Å². The second-order valence-electron chi connectivity index (χ2n) is 7.21. The quantitative estimate of drug-likeness (QED) is 0.657. The van der Waals surface area contributed by atoms with Crippen LogP contribution in [0, 0.1) is 13.8 Å². The van der Waals surface area contributed by atoms with Crippen molar-refractivity contribution in [3.05, 3.63) is 34.9 Å². The Morgan fingerprint density at radius 3 is 2.80 bits per heavy atom. The van der Waals surface area contributed by atoms with Gasteiger partial charge in [-0.05, 0) is 45.9 Å². The first kappa shape index (κ1) is 19.7. The molecule has 1 aliphatic heterocycles. The lowest BCUT2D eigenvalue weighted by atomic mass is 10.00. The predicted octanol–water partition coefficient (Wildman–Crippen LogP) is 2.59. The molecular formula is C20H34N4O. The lowest BCUT2D eigenvalue weighted by Gasteiger charge is -2.36. The summed E-state index contributed by atoms with van der Waals surface area (Å²) < 4.78 is 6.05. The summed E-state index contributed by atoms with van der Waals surface area (Å²) in [5, 5.41) is 3.50. The van der Waals surface area contributed by atoms with Gasteiger partial charge in [0.15, 0.2) is 5.96 Å². The van der Waals surface area contributed by atoms with Gasteiger partial charge in [-0.15, -0.1) is 0 Å². The lowest BCUT2D eigenvalue weighted by Crippen LogP contribution is -2.49. The molecule has 2 rings (SSSR count). The first-order valence-corrected chi connectivity index (χ1v) is 9.27. The van der Waals surface area contributed by atoms with Crippen molar-refractivity contribution in [2.75, 3.05) is 46.9 Å². The average molecular weight is 347 g/mol. The Kier molecular flexibility index (Phi) is 7.26. The van der Waals surface area contributed by atoms with Crippen LogP contribution in [0.3, 0.4) is 0 Å². The van der Waals surface area contributed by atoms with Crippen molar-refractivity contribution in [1.82, 2.24) is 15.1 Å². The highest BCUT2D eigenvalue weighted by molar-refractivity contribution is 5.80. The van der Waals surface area contributed by atoms with Crippen molar-refractivity contribution in [3.63, 3.8) is 0 Å². The molecule has 140 valence electrons. The van der Waals surface area contributed by atoms with E-state index in [1.807, 2.05) is 7.05 Å². The number of benzene rings is 1. The fourth-order valence-electron chi connectivity index (χ4n) is 3.15. The average Bonchev–Trinajstić information content (AvgIpc) is 2.58. The van der Waals surface area contributed by atoms with Crippen LogP contribution < -0.4 is 5.32 Å². The summed E-state index contributed by atoms with van der Waals surface area (Å²) in [7, 11) is 4.01. The van der Waals surface area contributed by atoms with Gasteiger partial charge in [-0.25, -0.2) is 0 Å². The predicted molar refractivity (Wildman–Crippen MR) is 105 cm³/mol. The van der Waals surface area contributed by atoms with E-state index in [2.05, 4.69) is 73.1 Å². The molecule has 1 saturated heterocycles. The lowest BCUT2D eigenvalue weighted by molar-refractivity contribution is -0.00834. The van der Waals surface area contributed by atoms with E-state index in [0.29, 0.717) is 6.04 Å². The van der Waals surface area contributed by atoms with Gasteiger partial charge < -0.3 is 19.9 Å². The third-order valence-electron chi connectivity index (χ3n) is 4.98. The number of morpholine rings is 1. The molecule has 5 heteroatoms. The Morgan fingerprint density at radius 2 is 2.16 bits per heavy atom. The van der Waals surface area contributed by atoms with Gasteiger partial charge in [-0.2, -0.15) is 0 Å². The van der Waals surface area contributed by atoms with E-state index in [1.165, 1.54) is 16.7 Å². The van der Waals surface area contributed by atoms with Crippen molar-refractivity contribution >= 4 is 5.96 Å². The van der Waals surface area contributed by atoms with Crippen LogP contribution in [0.4, 0.5) is 0 Å². The Hall–Kier alpha value is -1.59. The third kappa shape index (κ3) is 5.44. The number of likely N-dealkylation sites (N-methyl/N-ethyl adjacent to an activating group) is 1. The van der Waals surface area contributed by atoms with E-state index in [-0.39, 0.29) is 6.10 Å². The van der Waals surface area contributed by atoms with Gasteiger partial charge in [-0.1, -0.05) is 23.8 Å². The minimum atomic E-state index is 0.103. The zero-order chi connectivity index (χ0) is 18.4. The maximum atomic E-state index is 6.05. The van der Waals surface area contributed by atoms with Gasteiger partial charge in [-0.3, -0.25) is 4.99 Å². The van der Waals surface area contributed by atoms with E-state index in [4.69, 9.17) is 4.74 Å². The summed E-state index contributed by atoms with van der Waals surface area (Å²) in [5.74, 6) is 0.968. The largest absolute Gasteiger partial charge is 0.370 e. The van der Waals surface area contributed by atoms with Crippen molar-refractivity contribution < 1.29 is 4.74 Å². The number of ether oxygens (including phenoxy) is 1. The van der Waals surface area contributed by atoms with Crippen molar-refractivity contribution in [1.29, 1.82) is 0 Å². The van der Waals surface area contributed by atoms with Gasteiger partial charge >= 0.3 is 0 Å². The molecule has 1 N–H and O–H groups in total. The molecule has 0 aliphatic carbocycles. The van der Waals surface area contributed by atoms with E-state index in [1.54, 1.807) is 0 Å². The molecule has 1 heterocycles. The SMILES string of the molecule is CN=C(NCCN(C)C(C)C)N1CCOC(c2ccc(C)cc2C)C1. The van der Waals surface area contributed by atoms with Crippen LogP contribution in [0.1, 0.15) is 36.6 Å². The van der Waals surface area contributed by atoms with E-state index < -0.39 is 0 Å². The first-order valence-electron chi connectivity index (χ1n) is 9.27. The summed E-state index contributed by atoms with van der Waals surface area (Å²) in [6.45, 7) is 13.1. The summed E-state index contributed by atoms with van der Waals surface area (Å²) in [6, 6.07) is 7.15. The number of aliphatic imine (C=N–C) groups is 1. The van der Waals surface area contributed by atoms with Crippen LogP contribution >= 0.6 is 0 Å². The number of hydrogen-bond acceptors (Lipinski definition) is 3. The highest BCUT2D eigenvalue weighted by atomic mass is 16.5. The number of aryl methyl sites for hydroxylation is 2. The standard InChI is InChI=1S/C20H34N4O/c1-15(2)23(6)10-9-22-20(21-5)24-11-12-25-19(14-24)18-8-7-16(3)13-17(18)4/h7-8,13,15,19H,9-12,14H2,1-6H3,(H,21,22). The topological polar surface area (TPSA) is 40.1 Å². The smallest absolute Gasteiger partial charge is 0.193 e. The molecule has 1 aromatic carbocycles. The minimum absolute atomic E-state index is 0.103. The molecule has 0 bridgehead atoms. The number of rotatable bonds is 5. The molecule has 0 saturated carbocycles. The molecule has 1 atom stereocenters. The summed E-state index contributed by atoms with van der Waals surface area (Å²) >= 11 is 0. The van der Waals surface area contributed by atoms with E-state index in [9.17, 15) is 0 Å². The van der Waals surface area contributed by atoms with Crippen molar-refractivity contribution in [2.24, 2.45) is 4.99 Å². The number of guanidine groups is 1. The maximum Gasteiger partial charge on any atom is 0.193 e. The van der Waals surface area contributed by atoms with Crippen LogP contribution in [-0.2, 0) is 4.74 Å². The Morgan fingerprint density at radius 1 is 1.40 bits per heavy atom. The number of nitrogens with one attached hydrogen (secondary N) is 1. The molecule has 0 amide bonds. The fourth-order valence-corrected chi connectivity index (χ4v) is 3.15. The minimum Gasteiger partial charge on any atom is -0.370 e. The van der Waals surface area contributed by atoms with Crippen LogP contribution in [0.25, 0.3) is 0 Å². The Labute approximate surface area is 153 Å². The number of nitrogens with zero attached hydrogens (tertiary/aromatic N) is 3. The highest BCUT2D eigenvalue weighted by Gasteiger charge is 2.25. The van der Waals surface area contributed by atoms with E-state index >= 15 is 0 Å². The van der Waals surface area contributed by atoms with Gasteiger partial charge in [0.25, 0.3) is 0 Å². The molecule has 0 spiro atoms. The third-order valence-corrected chi connectivity index (χ3v) is 4.98. The van der Waals surface area contributed by atoms with Gasteiger partial charge in [0.1, 0.15) is 6.10 Å². The zero-order valence-corrected chi connectivity index (χ0v) is 16.7. The van der Waals surface area contributed by atoms with Crippen molar-refractivity contribution in [2.45, 2.75) is 39.8 Å². The Bertz CT molecular complexity index is 585. The zero-order valence-electron chi connectivity index (χ0n) is 16.7. The van der Waals surface area contributed by atoms with Crippen LogP contribution in [0.15, 0.2) is 23.2 Å². The van der Waals surface area contributed by atoms with E-state index in [0.717, 1.165) is 38.7 Å². The van der Waals surface area contributed by atoms with Gasteiger partial charge in [0.2, 0.25) is 0 Å². The second kappa shape index (κ2) is 9.20. The first-order chi connectivity index (χ1) is 11.9. The molecule has 1 unspecified atom stereocenters.